The van der Waals surface area contributed by atoms with E-state index in [2.05, 4.69) is 5.32 Å². The molecule has 0 unspecified atom stereocenters. The fourth-order valence-electron chi connectivity index (χ4n) is 2.27. The van der Waals surface area contributed by atoms with E-state index in [9.17, 15) is 5.26 Å². The van der Waals surface area contributed by atoms with Crippen molar-refractivity contribution >= 4 is 5.69 Å². The molecule has 6 heteroatoms. The Kier molecular flexibility index (Phi) is 5.61. The Hall–Kier alpha value is -3.95. The zero-order chi connectivity index (χ0) is 18.2. The first-order valence-corrected chi connectivity index (χ1v) is 7.21. The zero-order valence-electron chi connectivity index (χ0n) is 13.7. The number of ether oxygens (including phenoxy) is 2. The smallest absolute Gasteiger partial charge is 0.163 e. The van der Waals surface area contributed by atoms with Gasteiger partial charge >= 0.3 is 0 Å². The molecular formula is C19H14N4O2. The summed E-state index contributed by atoms with van der Waals surface area (Å²) in [6.07, 6.45) is 0. The summed E-state index contributed by atoms with van der Waals surface area (Å²) in [5, 5.41) is 30.0. The molecule has 2 aromatic rings. The number of benzene rings is 2. The maximum Gasteiger partial charge on any atom is 0.163 e. The molecular weight excluding hydrogens is 316 g/mol. The van der Waals surface area contributed by atoms with Crippen LogP contribution < -0.4 is 14.8 Å². The first kappa shape index (κ1) is 17.4. The van der Waals surface area contributed by atoms with E-state index in [0.717, 1.165) is 11.1 Å². The second kappa shape index (κ2) is 8.06. The molecule has 0 spiro atoms. The maximum atomic E-state index is 9.22. The van der Waals surface area contributed by atoms with E-state index in [1.165, 1.54) is 0 Å². The van der Waals surface area contributed by atoms with Gasteiger partial charge in [-0.05, 0) is 23.8 Å². The molecule has 0 aromatic heterocycles. The molecule has 0 radical (unpaired) electrons. The predicted octanol–water partition coefficient (Wildman–Crippen LogP) is 3.61. The first-order valence-electron chi connectivity index (χ1n) is 7.21. The average Bonchev–Trinajstić information content (AvgIpc) is 2.67. The van der Waals surface area contributed by atoms with Gasteiger partial charge in [0.1, 0.15) is 23.9 Å². The molecule has 0 fully saturated rings. The molecule has 0 aliphatic carbocycles. The summed E-state index contributed by atoms with van der Waals surface area (Å²) in [6.45, 7) is 0. The van der Waals surface area contributed by atoms with Crippen molar-refractivity contribution < 1.29 is 9.47 Å². The molecule has 0 saturated heterocycles. The van der Waals surface area contributed by atoms with Crippen molar-refractivity contribution in [2.75, 3.05) is 19.5 Å². The Labute approximate surface area is 145 Å². The minimum atomic E-state index is -0.274. The van der Waals surface area contributed by atoms with Gasteiger partial charge in [-0.1, -0.05) is 24.3 Å². The van der Waals surface area contributed by atoms with Crippen molar-refractivity contribution in [2.45, 2.75) is 0 Å². The summed E-state index contributed by atoms with van der Waals surface area (Å²) in [7, 11) is 3.11. The molecule has 0 heterocycles. The van der Waals surface area contributed by atoms with E-state index < -0.39 is 0 Å². The lowest BCUT2D eigenvalue weighted by molar-refractivity contribution is 0.355. The summed E-state index contributed by atoms with van der Waals surface area (Å²) < 4.78 is 10.6. The van der Waals surface area contributed by atoms with Crippen LogP contribution in [0.5, 0.6) is 11.5 Å². The minimum Gasteiger partial charge on any atom is -0.493 e. The number of hydrogen-bond donors (Lipinski definition) is 1. The molecule has 0 aliphatic heterocycles. The lowest BCUT2D eigenvalue weighted by Crippen LogP contribution is -2.02. The molecule has 2 aromatic carbocycles. The Morgan fingerprint density at radius 2 is 1.56 bits per heavy atom. The summed E-state index contributed by atoms with van der Waals surface area (Å²) in [4.78, 5) is 0. The number of para-hydroxylation sites is 1. The lowest BCUT2D eigenvalue weighted by atomic mass is 10.0. The highest BCUT2D eigenvalue weighted by atomic mass is 16.5. The van der Waals surface area contributed by atoms with E-state index in [4.69, 9.17) is 20.0 Å². The molecule has 2 rings (SSSR count). The molecule has 25 heavy (non-hydrogen) atoms. The van der Waals surface area contributed by atoms with Crippen LogP contribution in [-0.4, -0.2) is 14.2 Å². The van der Waals surface area contributed by atoms with Crippen molar-refractivity contribution in [1.29, 1.82) is 15.8 Å². The zero-order valence-corrected chi connectivity index (χ0v) is 13.7. The van der Waals surface area contributed by atoms with Gasteiger partial charge < -0.3 is 14.8 Å². The minimum absolute atomic E-state index is 0.0991. The van der Waals surface area contributed by atoms with Gasteiger partial charge in [-0.15, -0.1) is 0 Å². The maximum absolute atomic E-state index is 9.22. The van der Waals surface area contributed by atoms with E-state index >= 15 is 0 Å². The molecule has 1 N–H and O–H groups in total. The van der Waals surface area contributed by atoms with Crippen molar-refractivity contribution in [1.82, 2.24) is 0 Å². The first-order chi connectivity index (χ1) is 12.2. The van der Waals surface area contributed by atoms with Gasteiger partial charge in [-0.2, -0.15) is 15.8 Å². The van der Waals surface area contributed by atoms with Gasteiger partial charge in [0.15, 0.2) is 17.1 Å². The summed E-state index contributed by atoms with van der Waals surface area (Å²) >= 11 is 0. The van der Waals surface area contributed by atoms with Crippen LogP contribution in [0.25, 0.3) is 11.1 Å². The monoisotopic (exact) mass is 330 g/mol. The highest BCUT2D eigenvalue weighted by molar-refractivity contribution is 5.81. The Bertz CT molecular complexity index is 927. The van der Waals surface area contributed by atoms with Crippen LogP contribution in [0.15, 0.2) is 53.7 Å². The predicted molar refractivity (Wildman–Crippen MR) is 92.5 cm³/mol. The molecule has 0 saturated carbocycles. The van der Waals surface area contributed by atoms with E-state index in [0.29, 0.717) is 17.2 Å². The van der Waals surface area contributed by atoms with Gasteiger partial charge in [-0.25, -0.2) is 0 Å². The molecule has 122 valence electrons. The third-order valence-electron chi connectivity index (χ3n) is 3.47. The van der Waals surface area contributed by atoms with Gasteiger partial charge in [0, 0.05) is 11.3 Å². The highest BCUT2D eigenvalue weighted by Crippen LogP contribution is 2.35. The number of hydrogen-bond acceptors (Lipinski definition) is 6. The van der Waals surface area contributed by atoms with E-state index in [1.807, 2.05) is 30.3 Å². The van der Waals surface area contributed by atoms with E-state index in [-0.39, 0.29) is 11.3 Å². The fourth-order valence-corrected chi connectivity index (χ4v) is 2.27. The van der Waals surface area contributed by atoms with Crippen LogP contribution >= 0.6 is 0 Å². The lowest BCUT2D eigenvalue weighted by Gasteiger charge is -2.14. The van der Waals surface area contributed by atoms with Crippen molar-refractivity contribution in [3.05, 3.63) is 53.7 Å². The molecule has 0 bridgehead atoms. The Morgan fingerprint density at radius 3 is 2.16 bits per heavy atom. The van der Waals surface area contributed by atoms with Crippen LogP contribution in [-0.2, 0) is 0 Å². The Balaban J connectivity index is 2.54. The average molecular weight is 330 g/mol. The van der Waals surface area contributed by atoms with Gasteiger partial charge in [-0.3, -0.25) is 0 Å². The van der Waals surface area contributed by atoms with Crippen molar-refractivity contribution in [3.8, 4) is 40.8 Å². The van der Waals surface area contributed by atoms with Gasteiger partial charge in [0.25, 0.3) is 0 Å². The molecule has 6 nitrogen and oxygen atoms in total. The third-order valence-corrected chi connectivity index (χ3v) is 3.47. The summed E-state index contributed by atoms with van der Waals surface area (Å²) in [5.41, 5.74) is 1.83. The van der Waals surface area contributed by atoms with Crippen LogP contribution in [0.2, 0.25) is 0 Å². The molecule has 0 aliphatic rings. The number of nitriles is 3. The summed E-state index contributed by atoms with van der Waals surface area (Å²) in [6, 6.07) is 18.0. The van der Waals surface area contributed by atoms with Crippen LogP contribution in [0, 0.1) is 34.0 Å². The van der Waals surface area contributed by atoms with Gasteiger partial charge in [0.05, 0.1) is 14.2 Å². The fraction of sp³-hybridized carbons (Fsp3) is 0.105. The normalized spacial score (nSPS) is 9.08. The van der Waals surface area contributed by atoms with Gasteiger partial charge in [0.2, 0.25) is 0 Å². The third kappa shape index (κ3) is 3.69. The number of nitrogens with zero attached hydrogens (tertiary/aromatic N) is 3. The number of anilines is 1. The standard InChI is InChI=1S/C19H14N4O2/c1-24-18-8-7-13(9-19(18)25-2)15-5-3-4-6-16(15)23-17(12-22)14(10-20)11-21/h3-9,23H,1-2H3. The van der Waals surface area contributed by atoms with Crippen molar-refractivity contribution in [2.24, 2.45) is 0 Å². The van der Waals surface area contributed by atoms with Crippen molar-refractivity contribution in [3.63, 3.8) is 0 Å². The highest BCUT2D eigenvalue weighted by Gasteiger charge is 2.12. The Morgan fingerprint density at radius 1 is 0.880 bits per heavy atom. The number of nitrogens with one attached hydrogen (secondary N) is 1. The number of methoxy groups -OCH3 is 2. The van der Waals surface area contributed by atoms with E-state index in [1.54, 1.807) is 44.6 Å². The largest absolute Gasteiger partial charge is 0.493 e. The number of allylic oxidation sites excluding steroid dienone is 2. The molecule has 0 amide bonds. The topological polar surface area (TPSA) is 102 Å². The second-order valence-corrected chi connectivity index (χ2v) is 4.83. The molecule has 0 atom stereocenters. The summed E-state index contributed by atoms with van der Waals surface area (Å²) in [5.74, 6) is 1.17. The van der Waals surface area contributed by atoms with Crippen LogP contribution in [0.3, 0.4) is 0 Å². The quantitative estimate of drug-likeness (QED) is 0.840. The van der Waals surface area contributed by atoms with Crippen LogP contribution in [0.4, 0.5) is 5.69 Å². The van der Waals surface area contributed by atoms with Crippen LogP contribution in [0.1, 0.15) is 0 Å². The SMILES string of the molecule is COc1ccc(-c2ccccc2NC(C#N)=C(C#N)C#N)cc1OC. The number of rotatable bonds is 5. The second-order valence-electron chi connectivity index (χ2n) is 4.83.